The predicted octanol–water partition coefficient (Wildman–Crippen LogP) is 2.17. The van der Waals surface area contributed by atoms with E-state index in [-0.39, 0.29) is 6.04 Å². The van der Waals surface area contributed by atoms with E-state index in [0.29, 0.717) is 0 Å². The normalized spacial score (nSPS) is 12.6. The van der Waals surface area contributed by atoms with E-state index in [1.807, 2.05) is 6.92 Å². The van der Waals surface area contributed by atoms with E-state index >= 15 is 0 Å². The second-order valence-corrected chi connectivity index (χ2v) is 4.02. The zero-order valence-corrected chi connectivity index (χ0v) is 9.33. The number of rotatable bonds is 4. The SMILES string of the molecule is Cc1ccc(N(C)CCC(C)N)cc1. The number of anilines is 1. The fourth-order valence-corrected chi connectivity index (χ4v) is 1.33. The van der Waals surface area contributed by atoms with E-state index in [4.69, 9.17) is 5.73 Å². The molecule has 0 heterocycles. The summed E-state index contributed by atoms with van der Waals surface area (Å²) in [6.07, 6.45) is 1.03. The molecule has 0 spiro atoms. The highest BCUT2D eigenvalue weighted by Crippen LogP contribution is 2.13. The minimum Gasteiger partial charge on any atom is -0.375 e. The Morgan fingerprint density at radius 3 is 2.36 bits per heavy atom. The van der Waals surface area contributed by atoms with Crippen molar-refractivity contribution in [2.24, 2.45) is 5.73 Å². The van der Waals surface area contributed by atoms with Gasteiger partial charge in [0, 0.05) is 25.3 Å². The minimum absolute atomic E-state index is 0.280. The Kier molecular flexibility index (Phi) is 3.96. The first-order valence-electron chi connectivity index (χ1n) is 5.13. The van der Waals surface area contributed by atoms with Crippen LogP contribution in [0.4, 0.5) is 5.69 Å². The third kappa shape index (κ3) is 3.38. The molecule has 1 aromatic carbocycles. The van der Waals surface area contributed by atoms with Crippen molar-refractivity contribution in [3.63, 3.8) is 0 Å². The highest BCUT2D eigenvalue weighted by molar-refractivity contribution is 5.46. The fourth-order valence-electron chi connectivity index (χ4n) is 1.33. The monoisotopic (exact) mass is 192 g/mol. The molecular formula is C12H20N2. The van der Waals surface area contributed by atoms with Crippen molar-refractivity contribution in [3.05, 3.63) is 29.8 Å². The van der Waals surface area contributed by atoms with E-state index in [0.717, 1.165) is 13.0 Å². The first-order chi connectivity index (χ1) is 6.59. The number of nitrogens with zero attached hydrogens (tertiary/aromatic N) is 1. The van der Waals surface area contributed by atoms with Gasteiger partial charge < -0.3 is 10.6 Å². The Morgan fingerprint density at radius 2 is 1.86 bits per heavy atom. The molecule has 0 aromatic heterocycles. The van der Waals surface area contributed by atoms with Crippen LogP contribution in [0.15, 0.2) is 24.3 Å². The van der Waals surface area contributed by atoms with Crippen LogP contribution in [0.25, 0.3) is 0 Å². The molecule has 0 amide bonds. The molecule has 0 aliphatic carbocycles. The van der Waals surface area contributed by atoms with Crippen molar-refractivity contribution < 1.29 is 0 Å². The molecule has 0 aliphatic heterocycles. The highest BCUT2D eigenvalue weighted by atomic mass is 15.1. The summed E-state index contributed by atoms with van der Waals surface area (Å²) >= 11 is 0. The van der Waals surface area contributed by atoms with Crippen LogP contribution in [0, 0.1) is 6.92 Å². The van der Waals surface area contributed by atoms with Crippen molar-refractivity contribution in [2.45, 2.75) is 26.3 Å². The molecule has 2 heteroatoms. The smallest absolute Gasteiger partial charge is 0.0363 e. The Hall–Kier alpha value is -1.02. The first kappa shape index (κ1) is 11.1. The summed E-state index contributed by atoms with van der Waals surface area (Å²) in [5.74, 6) is 0. The minimum atomic E-state index is 0.280. The Bertz CT molecular complexity index is 264. The lowest BCUT2D eigenvalue weighted by Gasteiger charge is -2.20. The van der Waals surface area contributed by atoms with Crippen LogP contribution in [-0.4, -0.2) is 19.6 Å². The summed E-state index contributed by atoms with van der Waals surface area (Å²) in [6.45, 7) is 5.16. The first-order valence-corrected chi connectivity index (χ1v) is 5.13. The van der Waals surface area contributed by atoms with Crippen LogP contribution >= 0.6 is 0 Å². The molecule has 0 bridgehead atoms. The molecule has 0 radical (unpaired) electrons. The third-order valence-electron chi connectivity index (χ3n) is 2.39. The molecule has 0 aliphatic rings. The lowest BCUT2D eigenvalue weighted by Crippen LogP contribution is -2.25. The quantitative estimate of drug-likeness (QED) is 0.792. The van der Waals surface area contributed by atoms with Gasteiger partial charge >= 0.3 is 0 Å². The van der Waals surface area contributed by atoms with Gasteiger partial charge in [0.1, 0.15) is 0 Å². The lowest BCUT2D eigenvalue weighted by molar-refractivity contribution is 0.659. The van der Waals surface area contributed by atoms with Crippen LogP contribution in [0.2, 0.25) is 0 Å². The molecule has 1 unspecified atom stereocenters. The van der Waals surface area contributed by atoms with E-state index in [1.165, 1.54) is 11.3 Å². The molecule has 1 aromatic rings. The van der Waals surface area contributed by atoms with Gasteiger partial charge in [0.05, 0.1) is 0 Å². The average molecular weight is 192 g/mol. The van der Waals surface area contributed by atoms with Gasteiger partial charge in [-0.05, 0) is 32.4 Å². The number of benzene rings is 1. The van der Waals surface area contributed by atoms with Gasteiger partial charge in [0.25, 0.3) is 0 Å². The van der Waals surface area contributed by atoms with Gasteiger partial charge in [0.2, 0.25) is 0 Å². The molecule has 0 saturated carbocycles. The molecule has 0 fully saturated rings. The molecular weight excluding hydrogens is 172 g/mol. The largest absolute Gasteiger partial charge is 0.375 e. The third-order valence-corrected chi connectivity index (χ3v) is 2.39. The molecule has 1 atom stereocenters. The van der Waals surface area contributed by atoms with Gasteiger partial charge in [-0.1, -0.05) is 17.7 Å². The van der Waals surface area contributed by atoms with E-state index < -0.39 is 0 Å². The molecule has 0 saturated heterocycles. The summed E-state index contributed by atoms with van der Waals surface area (Å²) < 4.78 is 0. The zero-order chi connectivity index (χ0) is 10.6. The molecule has 1 rings (SSSR count). The summed E-state index contributed by atoms with van der Waals surface area (Å²) in [5.41, 5.74) is 8.28. The van der Waals surface area contributed by atoms with Gasteiger partial charge in [-0.3, -0.25) is 0 Å². The lowest BCUT2D eigenvalue weighted by atomic mass is 10.2. The number of hydrogen-bond acceptors (Lipinski definition) is 2. The van der Waals surface area contributed by atoms with E-state index in [1.54, 1.807) is 0 Å². The number of hydrogen-bond donors (Lipinski definition) is 1. The Morgan fingerprint density at radius 1 is 1.29 bits per heavy atom. The maximum absolute atomic E-state index is 5.72. The topological polar surface area (TPSA) is 29.3 Å². The Labute approximate surface area is 86.7 Å². The van der Waals surface area contributed by atoms with Crippen molar-refractivity contribution in [1.29, 1.82) is 0 Å². The van der Waals surface area contributed by atoms with Crippen molar-refractivity contribution >= 4 is 5.69 Å². The van der Waals surface area contributed by atoms with Gasteiger partial charge in [-0.2, -0.15) is 0 Å². The summed E-state index contributed by atoms with van der Waals surface area (Å²) in [6, 6.07) is 8.85. The molecule has 14 heavy (non-hydrogen) atoms. The van der Waals surface area contributed by atoms with Crippen molar-refractivity contribution in [2.75, 3.05) is 18.5 Å². The second-order valence-electron chi connectivity index (χ2n) is 4.02. The van der Waals surface area contributed by atoms with Crippen LogP contribution < -0.4 is 10.6 Å². The van der Waals surface area contributed by atoms with E-state index in [9.17, 15) is 0 Å². The fraction of sp³-hybridized carbons (Fsp3) is 0.500. The van der Waals surface area contributed by atoms with Gasteiger partial charge in [-0.25, -0.2) is 0 Å². The van der Waals surface area contributed by atoms with E-state index in [2.05, 4.69) is 43.1 Å². The van der Waals surface area contributed by atoms with Crippen molar-refractivity contribution in [1.82, 2.24) is 0 Å². The standard InChI is InChI=1S/C12H20N2/c1-10-4-6-12(7-5-10)14(3)9-8-11(2)13/h4-7,11H,8-9,13H2,1-3H3. The summed E-state index contributed by atoms with van der Waals surface area (Å²) in [4.78, 5) is 2.24. The van der Waals surface area contributed by atoms with Crippen LogP contribution in [-0.2, 0) is 0 Å². The maximum atomic E-state index is 5.72. The molecule has 2 nitrogen and oxygen atoms in total. The average Bonchev–Trinajstić information content (AvgIpc) is 2.15. The highest BCUT2D eigenvalue weighted by Gasteiger charge is 2.01. The predicted molar refractivity (Wildman–Crippen MR) is 62.7 cm³/mol. The van der Waals surface area contributed by atoms with Crippen LogP contribution in [0.3, 0.4) is 0 Å². The number of nitrogens with two attached hydrogens (primary N) is 1. The zero-order valence-electron chi connectivity index (χ0n) is 9.33. The van der Waals surface area contributed by atoms with Crippen LogP contribution in [0.1, 0.15) is 18.9 Å². The van der Waals surface area contributed by atoms with Gasteiger partial charge in [0.15, 0.2) is 0 Å². The summed E-state index contributed by atoms with van der Waals surface area (Å²) in [5, 5.41) is 0. The Balaban J connectivity index is 2.52. The van der Waals surface area contributed by atoms with Crippen LogP contribution in [0.5, 0.6) is 0 Å². The van der Waals surface area contributed by atoms with Crippen molar-refractivity contribution in [3.8, 4) is 0 Å². The maximum Gasteiger partial charge on any atom is 0.0363 e. The number of aryl methyl sites for hydroxylation is 1. The molecule has 2 N–H and O–H groups in total. The molecule has 78 valence electrons. The second kappa shape index (κ2) is 5.01. The van der Waals surface area contributed by atoms with Gasteiger partial charge in [-0.15, -0.1) is 0 Å². The summed E-state index contributed by atoms with van der Waals surface area (Å²) in [7, 11) is 2.10.